The molecule has 0 atom stereocenters. The molecule has 7 nitrogen and oxygen atoms in total. The number of carboxylic acid groups (broad SMARTS) is 1. The fourth-order valence-corrected chi connectivity index (χ4v) is 2.05. The van der Waals surface area contributed by atoms with Gasteiger partial charge in [-0.3, -0.25) is 15.1 Å². The molecule has 1 aromatic carbocycles. The van der Waals surface area contributed by atoms with E-state index in [-0.39, 0.29) is 22.7 Å². The Hall–Kier alpha value is -3.55. The molecule has 0 aliphatic rings. The van der Waals surface area contributed by atoms with Crippen molar-refractivity contribution in [3.05, 3.63) is 65.7 Å². The van der Waals surface area contributed by atoms with Gasteiger partial charge in [0.05, 0.1) is 0 Å². The number of pyridine rings is 1. The summed E-state index contributed by atoms with van der Waals surface area (Å²) in [5.74, 6) is -2.76. The molecule has 0 bridgehead atoms. The molecule has 120 valence electrons. The number of aromatic nitrogens is 2. The quantitative estimate of drug-likeness (QED) is 0.763. The number of hydrogen-bond acceptors (Lipinski definition) is 5. The van der Waals surface area contributed by atoms with Gasteiger partial charge in [-0.05, 0) is 36.4 Å². The summed E-state index contributed by atoms with van der Waals surface area (Å²) in [5, 5.41) is 15.4. The predicted molar refractivity (Wildman–Crippen MR) is 81.0 cm³/mol. The van der Waals surface area contributed by atoms with Gasteiger partial charge in [0, 0.05) is 23.5 Å². The summed E-state index contributed by atoms with van der Waals surface area (Å²) < 4.78 is 17.9. The Kier molecular flexibility index (Phi) is 4.02. The van der Waals surface area contributed by atoms with Gasteiger partial charge >= 0.3 is 5.97 Å². The molecule has 24 heavy (non-hydrogen) atoms. The molecular formula is C16H10FN3O4. The van der Waals surface area contributed by atoms with Gasteiger partial charge in [-0.25, -0.2) is 9.18 Å². The summed E-state index contributed by atoms with van der Waals surface area (Å²) >= 11 is 0. The highest BCUT2D eigenvalue weighted by molar-refractivity contribution is 6.08. The average molecular weight is 327 g/mol. The van der Waals surface area contributed by atoms with Crippen LogP contribution in [0.25, 0.3) is 11.3 Å². The Balaban J connectivity index is 1.94. The number of nitrogens with one attached hydrogen (secondary N) is 1. The van der Waals surface area contributed by atoms with Crippen molar-refractivity contribution in [1.29, 1.82) is 0 Å². The Morgan fingerprint density at radius 2 is 1.92 bits per heavy atom. The van der Waals surface area contributed by atoms with Crippen LogP contribution in [0.3, 0.4) is 0 Å². The van der Waals surface area contributed by atoms with Crippen LogP contribution in [0.1, 0.15) is 20.7 Å². The van der Waals surface area contributed by atoms with Crippen molar-refractivity contribution in [2.45, 2.75) is 0 Å². The average Bonchev–Trinajstić information content (AvgIpc) is 3.00. The van der Waals surface area contributed by atoms with Crippen LogP contribution in [-0.2, 0) is 0 Å². The second-order valence-corrected chi connectivity index (χ2v) is 4.74. The van der Waals surface area contributed by atoms with Gasteiger partial charge < -0.3 is 9.63 Å². The number of aromatic carboxylic acids is 1. The summed E-state index contributed by atoms with van der Waals surface area (Å²) in [6.45, 7) is 0. The highest BCUT2D eigenvalue weighted by Gasteiger charge is 2.25. The third-order valence-corrected chi connectivity index (χ3v) is 3.17. The van der Waals surface area contributed by atoms with Crippen LogP contribution in [0.15, 0.2) is 53.3 Å². The van der Waals surface area contributed by atoms with Gasteiger partial charge in [-0.15, -0.1) is 0 Å². The highest BCUT2D eigenvalue weighted by Crippen LogP contribution is 2.28. The summed E-state index contributed by atoms with van der Waals surface area (Å²) in [5.41, 5.74) is 0.330. The predicted octanol–water partition coefficient (Wildman–Crippen LogP) is 2.83. The summed E-state index contributed by atoms with van der Waals surface area (Å²) in [6, 6.07) is 8.01. The van der Waals surface area contributed by atoms with Crippen LogP contribution in [0.4, 0.5) is 10.3 Å². The largest absolute Gasteiger partial charge is 0.477 e. The first-order chi connectivity index (χ1) is 11.6. The molecule has 2 N–H and O–H groups in total. The van der Waals surface area contributed by atoms with E-state index >= 15 is 0 Å². The topological polar surface area (TPSA) is 105 Å². The molecule has 0 fully saturated rings. The van der Waals surface area contributed by atoms with Gasteiger partial charge in [-0.2, -0.15) is 0 Å². The zero-order valence-corrected chi connectivity index (χ0v) is 12.1. The zero-order chi connectivity index (χ0) is 17.1. The number of hydrogen-bond donors (Lipinski definition) is 2. The molecule has 0 aliphatic heterocycles. The van der Waals surface area contributed by atoms with Crippen molar-refractivity contribution < 1.29 is 23.6 Å². The lowest BCUT2D eigenvalue weighted by Crippen LogP contribution is -2.14. The molecule has 0 aliphatic carbocycles. The number of rotatable bonds is 4. The summed E-state index contributed by atoms with van der Waals surface area (Å²) in [4.78, 5) is 27.5. The second-order valence-electron chi connectivity index (χ2n) is 4.74. The van der Waals surface area contributed by atoms with E-state index in [1.54, 1.807) is 12.1 Å². The number of carbonyl (C=O) groups is 2. The van der Waals surface area contributed by atoms with Gasteiger partial charge in [0.25, 0.3) is 5.91 Å². The SMILES string of the molecule is O=C(Nc1onc(-c2cccnc2)c1C(=O)O)c1ccc(F)cc1. The molecular weight excluding hydrogens is 317 g/mol. The maximum atomic E-state index is 12.9. The lowest BCUT2D eigenvalue weighted by molar-refractivity contribution is 0.0698. The van der Waals surface area contributed by atoms with Gasteiger partial charge in [0.15, 0.2) is 5.56 Å². The van der Waals surface area contributed by atoms with Crippen molar-refractivity contribution in [2.24, 2.45) is 0 Å². The van der Waals surface area contributed by atoms with E-state index in [4.69, 9.17) is 4.52 Å². The Bertz CT molecular complexity index is 891. The molecule has 3 rings (SSSR count). The smallest absolute Gasteiger partial charge is 0.343 e. The Morgan fingerprint density at radius 1 is 1.17 bits per heavy atom. The monoisotopic (exact) mass is 327 g/mol. The van der Waals surface area contributed by atoms with Gasteiger partial charge in [-0.1, -0.05) is 5.16 Å². The molecule has 0 saturated carbocycles. The fourth-order valence-electron chi connectivity index (χ4n) is 2.05. The number of carboxylic acids is 1. The summed E-state index contributed by atoms with van der Waals surface area (Å²) in [6.07, 6.45) is 2.96. The minimum Gasteiger partial charge on any atom is -0.477 e. The number of benzene rings is 1. The van der Waals surface area contributed by atoms with E-state index in [0.29, 0.717) is 5.56 Å². The lowest BCUT2D eigenvalue weighted by Gasteiger charge is -2.03. The molecule has 0 spiro atoms. The summed E-state index contributed by atoms with van der Waals surface area (Å²) in [7, 11) is 0. The van der Waals surface area contributed by atoms with E-state index in [1.165, 1.54) is 24.5 Å². The molecule has 0 saturated heterocycles. The van der Waals surface area contributed by atoms with Crippen molar-refractivity contribution in [2.75, 3.05) is 5.32 Å². The fraction of sp³-hybridized carbons (Fsp3) is 0. The molecule has 0 unspecified atom stereocenters. The third-order valence-electron chi connectivity index (χ3n) is 3.17. The Morgan fingerprint density at radius 3 is 2.54 bits per heavy atom. The molecule has 1 amide bonds. The van der Waals surface area contributed by atoms with Crippen LogP contribution < -0.4 is 5.32 Å². The van der Waals surface area contributed by atoms with Crippen LogP contribution in [-0.4, -0.2) is 27.1 Å². The maximum absolute atomic E-state index is 12.9. The first kappa shape index (κ1) is 15.3. The highest BCUT2D eigenvalue weighted by atomic mass is 19.1. The van der Waals surface area contributed by atoms with Crippen LogP contribution >= 0.6 is 0 Å². The van der Waals surface area contributed by atoms with E-state index < -0.39 is 17.7 Å². The van der Waals surface area contributed by atoms with Gasteiger partial charge in [0.2, 0.25) is 5.88 Å². The molecule has 3 aromatic rings. The third kappa shape index (κ3) is 2.98. The maximum Gasteiger partial charge on any atom is 0.343 e. The van der Waals surface area contributed by atoms with Crippen LogP contribution in [0.5, 0.6) is 0 Å². The van der Waals surface area contributed by atoms with Crippen molar-refractivity contribution in [3.8, 4) is 11.3 Å². The molecule has 8 heteroatoms. The number of amides is 1. The number of nitrogens with zero attached hydrogens (tertiary/aromatic N) is 2. The minimum atomic E-state index is -1.32. The number of halogens is 1. The van der Waals surface area contributed by atoms with E-state index in [0.717, 1.165) is 12.1 Å². The van der Waals surface area contributed by atoms with E-state index in [9.17, 15) is 19.1 Å². The van der Waals surface area contributed by atoms with E-state index in [1.807, 2.05) is 0 Å². The van der Waals surface area contributed by atoms with Gasteiger partial charge in [0.1, 0.15) is 11.5 Å². The van der Waals surface area contributed by atoms with Crippen LogP contribution in [0, 0.1) is 5.82 Å². The Labute approximate surface area is 134 Å². The lowest BCUT2D eigenvalue weighted by atomic mass is 10.1. The number of anilines is 1. The first-order valence-corrected chi connectivity index (χ1v) is 6.76. The number of carbonyl (C=O) groups excluding carboxylic acids is 1. The van der Waals surface area contributed by atoms with Crippen molar-refractivity contribution in [1.82, 2.24) is 10.1 Å². The first-order valence-electron chi connectivity index (χ1n) is 6.76. The molecule has 2 aromatic heterocycles. The normalized spacial score (nSPS) is 10.4. The van der Waals surface area contributed by atoms with E-state index in [2.05, 4.69) is 15.5 Å². The minimum absolute atomic E-state index is 0.0463. The molecule has 2 heterocycles. The molecule has 0 radical (unpaired) electrons. The van der Waals surface area contributed by atoms with Crippen molar-refractivity contribution in [3.63, 3.8) is 0 Å². The zero-order valence-electron chi connectivity index (χ0n) is 12.1. The van der Waals surface area contributed by atoms with Crippen molar-refractivity contribution >= 4 is 17.8 Å². The second kappa shape index (κ2) is 6.29. The van der Waals surface area contributed by atoms with Crippen LogP contribution in [0.2, 0.25) is 0 Å². The standard InChI is InChI=1S/C16H10FN3O4/c17-11-5-3-9(4-6-11)14(21)19-15-12(16(22)23)13(20-24-15)10-2-1-7-18-8-10/h1-8H,(H,19,21)(H,22,23).